The minimum Gasteiger partial charge on any atom is -0.326 e. The van der Waals surface area contributed by atoms with E-state index in [0.29, 0.717) is 6.54 Å². The minimum absolute atomic E-state index is 0.577. The third-order valence-electron chi connectivity index (χ3n) is 3.44. The Labute approximate surface area is 125 Å². The standard InChI is InChI=1S/C16H23N3S/c1-5-6-13-15(10-17)20-16(18-13)19(4)14-8-7-11(2)9-12(14)3/h7-9H,5-6,10,17H2,1-4H3. The maximum Gasteiger partial charge on any atom is 0.190 e. The lowest BCUT2D eigenvalue weighted by Crippen LogP contribution is -2.10. The maximum absolute atomic E-state index is 5.83. The van der Waals surface area contributed by atoms with Gasteiger partial charge in [0.05, 0.1) is 5.69 Å². The number of hydrogen-bond donors (Lipinski definition) is 1. The molecule has 0 aliphatic rings. The molecular formula is C16H23N3S. The molecule has 1 aromatic heterocycles. The summed E-state index contributed by atoms with van der Waals surface area (Å²) in [5.74, 6) is 0. The summed E-state index contributed by atoms with van der Waals surface area (Å²) in [5.41, 5.74) is 10.8. The van der Waals surface area contributed by atoms with Crippen molar-refractivity contribution >= 4 is 22.2 Å². The van der Waals surface area contributed by atoms with Crippen molar-refractivity contribution in [1.29, 1.82) is 0 Å². The smallest absolute Gasteiger partial charge is 0.190 e. The van der Waals surface area contributed by atoms with Crippen molar-refractivity contribution in [2.24, 2.45) is 5.73 Å². The van der Waals surface area contributed by atoms with Crippen molar-refractivity contribution < 1.29 is 0 Å². The van der Waals surface area contributed by atoms with E-state index < -0.39 is 0 Å². The Balaban J connectivity index is 2.35. The molecule has 0 aliphatic carbocycles. The quantitative estimate of drug-likeness (QED) is 0.906. The van der Waals surface area contributed by atoms with Gasteiger partial charge < -0.3 is 10.6 Å². The first-order valence-electron chi connectivity index (χ1n) is 7.06. The summed E-state index contributed by atoms with van der Waals surface area (Å²) in [7, 11) is 2.08. The van der Waals surface area contributed by atoms with E-state index >= 15 is 0 Å². The first kappa shape index (κ1) is 15.0. The molecule has 3 nitrogen and oxygen atoms in total. The molecule has 0 saturated carbocycles. The van der Waals surface area contributed by atoms with Crippen molar-refractivity contribution in [3.05, 3.63) is 39.9 Å². The van der Waals surface area contributed by atoms with Crippen LogP contribution in [0.5, 0.6) is 0 Å². The van der Waals surface area contributed by atoms with Gasteiger partial charge >= 0.3 is 0 Å². The van der Waals surface area contributed by atoms with E-state index in [4.69, 9.17) is 10.7 Å². The van der Waals surface area contributed by atoms with Gasteiger partial charge in [0, 0.05) is 24.2 Å². The molecule has 20 heavy (non-hydrogen) atoms. The number of benzene rings is 1. The van der Waals surface area contributed by atoms with Crippen LogP contribution in [0.3, 0.4) is 0 Å². The highest BCUT2D eigenvalue weighted by Gasteiger charge is 2.15. The lowest BCUT2D eigenvalue weighted by molar-refractivity contribution is 0.869. The third kappa shape index (κ3) is 3.02. The summed E-state index contributed by atoms with van der Waals surface area (Å²) in [4.78, 5) is 8.15. The Morgan fingerprint density at radius 3 is 2.65 bits per heavy atom. The molecule has 0 unspecified atom stereocenters. The van der Waals surface area contributed by atoms with Crippen molar-refractivity contribution in [2.45, 2.75) is 40.2 Å². The topological polar surface area (TPSA) is 42.2 Å². The van der Waals surface area contributed by atoms with Gasteiger partial charge in [-0.15, -0.1) is 0 Å². The van der Waals surface area contributed by atoms with Gasteiger partial charge in [-0.25, -0.2) is 4.98 Å². The summed E-state index contributed by atoms with van der Waals surface area (Å²) in [6.45, 7) is 7.01. The number of anilines is 2. The second kappa shape index (κ2) is 6.37. The van der Waals surface area contributed by atoms with Crippen LogP contribution in [0.2, 0.25) is 0 Å². The molecule has 0 fully saturated rings. The molecule has 1 heterocycles. The first-order chi connectivity index (χ1) is 9.56. The van der Waals surface area contributed by atoms with Crippen LogP contribution in [-0.2, 0) is 13.0 Å². The van der Waals surface area contributed by atoms with Gasteiger partial charge in [0.1, 0.15) is 0 Å². The number of thiazole rings is 1. The largest absolute Gasteiger partial charge is 0.326 e. The maximum atomic E-state index is 5.83. The minimum atomic E-state index is 0.577. The van der Waals surface area contributed by atoms with Gasteiger partial charge in [-0.2, -0.15) is 0 Å². The summed E-state index contributed by atoms with van der Waals surface area (Å²) in [6.07, 6.45) is 2.10. The van der Waals surface area contributed by atoms with Gasteiger partial charge in [0.25, 0.3) is 0 Å². The highest BCUT2D eigenvalue weighted by molar-refractivity contribution is 7.15. The highest BCUT2D eigenvalue weighted by atomic mass is 32.1. The number of nitrogens with two attached hydrogens (primary N) is 1. The average molecular weight is 289 g/mol. The fourth-order valence-corrected chi connectivity index (χ4v) is 3.35. The monoisotopic (exact) mass is 289 g/mol. The number of rotatable bonds is 5. The zero-order valence-corrected chi connectivity index (χ0v) is 13.5. The van der Waals surface area contributed by atoms with Gasteiger partial charge in [-0.05, 0) is 31.9 Å². The molecule has 0 aliphatic heterocycles. The lowest BCUT2D eigenvalue weighted by Gasteiger charge is -2.18. The highest BCUT2D eigenvalue weighted by Crippen LogP contribution is 2.32. The second-order valence-corrected chi connectivity index (χ2v) is 6.23. The van der Waals surface area contributed by atoms with Crippen LogP contribution < -0.4 is 10.6 Å². The Hall–Kier alpha value is -1.39. The summed E-state index contributed by atoms with van der Waals surface area (Å²) in [5, 5.41) is 1.03. The van der Waals surface area contributed by atoms with Crippen LogP contribution in [0, 0.1) is 13.8 Å². The molecule has 108 valence electrons. The Kier molecular flexibility index (Phi) is 4.78. The Bertz CT molecular complexity index is 589. The molecule has 0 spiro atoms. The number of aryl methyl sites for hydroxylation is 3. The van der Waals surface area contributed by atoms with E-state index in [1.165, 1.54) is 21.7 Å². The van der Waals surface area contributed by atoms with E-state index in [1.54, 1.807) is 11.3 Å². The Morgan fingerprint density at radius 1 is 1.30 bits per heavy atom. The first-order valence-corrected chi connectivity index (χ1v) is 7.88. The van der Waals surface area contributed by atoms with Crippen molar-refractivity contribution in [3.8, 4) is 0 Å². The van der Waals surface area contributed by atoms with Crippen LogP contribution in [0.1, 0.15) is 35.0 Å². The summed E-state index contributed by atoms with van der Waals surface area (Å²) < 4.78 is 0. The van der Waals surface area contributed by atoms with Crippen molar-refractivity contribution in [2.75, 3.05) is 11.9 Å². The van der Waals surface area contributed by atoms with E-state index in [9.17, 15) is 0 Å². The van der Waals surface area contributed by atoms with Crippen LogP contribution in [-0.4, -0.2) is 12.0 Å². The third-order valence-corrected chi connectivity index (χ3v) is 4.64. The zero-order chi connectivity index (χ0) is 14.7. The van der Waals surface area contributed by atoms with Crippen LogP contribution in [0.15, 0.2) is 18.2 Å². The normalized spacial score (nSPS) is 10.8. The van der Waals surface area contributed by atoms with Crippen LogP contribution in [0.25, 0.3) is 0 Å². The lowest BCUT2D eigenvalue weighted by atomic mass is 10.1. The molecule has 0 saturated heterocycles. The fraction of sp³-hybridized carbons (Fsp3) is 0.438. The molecular weight excluding hydrogens is 266 g/mol. The SMILES string of the molecule is CCCc1nc(N(C)c2ccc(C)cc2C)sc1CN. The molecule has 1 aromatic carbocycles. The molecule has 2 aromatic rings. The van der Waals surface area contributed by atoms with E-state index in [-0.39, 0.29) is 0 Å². The van der Waals surface area contributed by atoms with Gasteiger partial charge in [-0.3, -0.25) is 0 Å². The summed E-state index contributed by atoms with van der Waals surface area (Å²) in [6, 6.07) is 6.51. The van der Waals surface area contributed by atoms with Crippen molar-refractivity contribution in [1.82, 2.24) is 4.98 Å². The van der Waals surface area contributed by atoms with E-state index in [1.807, 2.05) is 0 Å². The molecule has 4 heteroatoms. The molecule has 0 bridgehead atoms. The Morgan fingerprint density at radius 2 is 2.05 bits per heavy atom. The van der Waals surface area contributed by atoms with Crippen molar-refractivity contribution in [3.63, 3.8) is 0 Å². The van der Waals surface area contributed by atoms with E-state index in [0.717, 1.165) is 23.7 Å². The van der Waals surface area contributed by atoms with Gasteiger partial charge in [-0.1, -0.05) is 42.4 Å². The number of aromatic nitrogens is 1. The fourth-order valence-electron chi connectivity index (χ4n) is 2.39. The van der Waals surface area contributed by atoms with Crippen LogP contribution >= 0.6 is 11.3 Å². The van der Waals surface area contributed by atoms with Crippen LogP contribution in [0.4, 0.5) is 10.8 Å². The molecule has 2 N–H and O–H groups in total. The average Bonchev–Trinajstić information content (AvgIpc) is 2.82. The van der Waals surface area contributed by atoms with E-state index in [2.05, 4.69) is 50.9 Å². The predicted molar refractivity (Wildman–Crippen MR) is 88.0 cm³/mol. The zero-order valence-electron chi connectivity index (χ0n) is 12.7. The number of nitrogens with zero attached hydrogens (tertiary/aromatic N) is 2. The number of hydrogen-bond acceptors (Lipinski definition) is 4. The van der Waals surface area contributed by atoms with Gasteiger partial charge in [0.2, 0.25) is 0 Å². The van der Waals surface area contributed by atoms with Gasteiger partial charge in [0.15, 0.2) is 5.13 Å². The molecule has 2 rings (SSSR count). The second-order valence-electron chi connectivity index (χ2n) is 5.17. The summed E-state index contributed by atoms with van der Waals surface area (Å²) >= 11 is 1.71. The molecule has 0 radical (unpaired) electrons. The molecule has 0 atom stereocenters. The molecule has 0 amide bonds. The predicted octanol–water partition coefficient (Wildman–Crippen LogP) is 3.94.